The monoisotopic (exact) mass is 469 g/mol. The summed E-state index contributed by atoms with van der Waals surface area (Å²) < 4.78 is 51.2. The number of amides is 1. The predicted molar refractivity (Wildman–Crippen MR) is 116 cm³/mol. The number of benzene rings is 2. The molecule has 0 radical (unpaired) electrons. The third kappa shape index (κ3) is 3.74. The highest BCUT2D eigenvalue weighted by atomic mass is 35.5. The lowest BCUT2D eigenvalue weighted by Crippen LogP contribution is -2.41. The zero-order valence-corrected chi connectivity index (χ0v) is 17.5. The molecule has 0 saturated carbocycles. The first kappa shape index (κ1) is 17.9. The number of nitrogens with zero attached hydrogens (tertiary/aromatic N) is 3. The number of alkyl halides is 1. The average molecular weight is 470 g/mol. The SMILES string of the molecule is [2H]C([2H])([2H])n1cnc2ccc(N[C@]3(c4c(F)ccc(Cl)c4Cl)CCN(C(=O)CF)C3)cc2c1=O. The van der Waals surface area contributed by atoms with Gasteiger partial charge in [0.05, 0.1) is 32.8 Å². The zero-order chi connectivity index (χ0) is 24.8. The first-order valence-electron chi connectivity index (χ1n) is 10.7. The first-order chi connectivity index (χ1) is 16.0. The van der Waals surface area contributed by atoms with E-state index in [1.165, 1.54) is 23.1 Å². The fourth-order valence-corrected chi connectivity index (χ4v) is 4.41. The molecular formula is C21H18Cl2F2N4O2. The average Bonchev–Trinajstić information content (AvgIpc) is 3.20. The van der Waals surface area contributed by atoms with Crippen molar-refractivity contribution >= 4 is 45.7 Å². The van der Waals surface area contributed by atoms with Crippen LogP contribution < -0.4 is 10.9 Å². The van der Waals surface area contributed by atoms with Gasteiger partial charge in [-0.25, -0.2) is 13.8 Å². The molecule has 3 aromatic rings. The maximum absolute atomic E-state index is 15.1. The van der Waals surface area contributed by atoms with Crippen molar-refractivity contribution < 1.29 is 17.7 Å². The molecule has 1 aliphatic rings. The minimum absolute atomic E-state index is 0.00186. The van der Waals surface area contributed by atoms with Gasteiger partial charge in [0.2, 0.25) is 0 Å². The second-order valence-electron chi connectivity index (χ2n) is 7.28. The molecule has 1 aliphatic heterocycles. The van der Waals surface area contributed by atoms with Crippen molar-refractivity contribution in [2.45, 2.75) is 12.0 Å². The predicted octanol–water partition coefficient (Wildman–Crippen LogP) is 3.89. The van der Waals surface area contributed by atoms with Gasteiger partial charge in [0.15, 0.2) is 6.67 Å². The fraction of sp³-hybridized carbons (Fsp3) is 0.286. The van der Waals surface area contributed by atoms with Crippen molar-refractivity contribution in [3.8, 4) is 0 Å². The highest BCUT2D eigenvalue weighted by Crippen LogP contribution is 2.43. The number of carbonyl (C=O) groups is 1. The molecule has 162 valence electrons. The Hall–Kier alpha value is -2.71. The number of halogens is 4. The lowest BCUT2D eigenvalue weighted by Gasteiger charge is -2.33. The minimum atomic E-state index is -2.72. The van der Waals surface area contributed by atoms with E-state index in [-0.39, 0.29) is 46.0 Å². The highest BCUT2D eigenvalue weighted by molar-refractivity contribution is 6.42. The summed E-state index contributed by atoms with van der Waals surface area (Å²) in [6.07, 6.45) is 1.12. The molecule has 31 heavy (non-hydrogen) atoms. The van der Waals surface area contributed by atoms with E-state index in [1.54, 1.807) is 6.07 Å². The third-order valence-corrected chi connectivity index (χ3v) is 6.20. The van der Waals surface area contributed by atoms with E-state index >= 15 is 4.39 Å². The van der Waals surface area contributed by atoms with E-state index in [9.17, 15) is 14.0 Å². The fourth-order valence-electron chi connectivity index (χ4n) is 3.92. The molecule has 0 spiro atoms. The molecule has 1 fully saturated rings. The number of aryl methyl sites for hydroxylation is 1. The molecule has 4 rings (SSSR count). The Labute approximate surface area is 190 Å². The second-order valence-corrected chi connectivity index (χ2v) is 8.06. The van der Waals surface area contributed by atoms with Gasteiger partial charge in [0.1, 0.15) is 5.82 Å². The van der Waals surface area contributed by atoms with Gasteiger partial charge in [0.25, 0.3) is 11.5 Å². The molecule has 2 heterocycles. The Kier molecular flexibility index (Phi) is 4.68. The molecule has 1 aromatic heterocycles. The number of aromatic nitrogens is 2. The van der Waals surface area contributed by atoms with Crippen molar-refractivity contribution in [3.63, 3.8) is 0 Å². The zero-order valence-electron chi connectivity index (χ0n) is 19.0. The summed E-state index contributed by atoms with van der Waals surface area (Å²) >= 11 is 12.5. The van der Waals surface area contributed by atoms with Gasteiger partial charge in [0, 0.05) is 35.4 Å². The summed E-state index contributed by atoms with van der Waals surface area (Å²) in [6.45, 7) is -3.92. The van der Waals surface area contributed by atoms with Gasteiger partial charge >= 0.3 is 0 Å². The summed E-state index contributed by atoms with van der Waals surface area (Å²) in [7, 11) is 0. The summed E-state index contributed by atoms with van der Waals surface area (Å²) in [6, 6.07) is 6.92. The maximum Gasteiger partial charge on any atom is 0.260 e. The van der Waals surface area contributed by atoms with Crippen molar-refractivity contribution in [1.29, 1.82) is 0 Å². The summed E-state index contributed by atoms with van der Waals surface area (Å²) in [5, 5.41) is 3.21. The van der Waals surface area contributed by atoms with Crippen LogP contribution in [0.3, 0.4) is 0 Å². The van der Waals surface area contributed by atoms with Crippen LogP contribution in [0.1, 0.15) is 16.1 Å². The number of likely N-dealkylation sites (tertiary alicyclic amines) is 1. The number of nitrogens with one attached hydrogen (secondary N) is 1. The van der Waals surface area contributed by atoms with Crippen LogP contribution in [0.4, 0.5) is 14.5 Å². The van der Waals surface area contributed by atoms with Crippen LogP contribution >= 0.6 is 23.2 Å². The number of fused-ring (bicyclic) bond motifs is 1. The quantitative estimate of drug-likeness (QED) is 0.588. The van der Waals surface area contributed by atoms with Gasteiger partial charge in [-0.05, 0) is 36.8 Å². The molecule has 1 N–H and O–H groups in total. The van der Waals surface area contributed by atoms with Crippen molar-refractivity contribution in [1.82, 2.24) is 14.5 Å². The molecule has 1 atom stereocenters. The van der Waals surface area contributed by atoms with Gasteiger partial charge in [-0.1, -0.05) is 23.2 Å². The molecule has 0 unspecified atom stereocenters. The van der Waals surface area contributed by atoms with Crippen molar-refractivity contribution in [2.24, 2.45) is 6.98 Å². The first-order valence-corrected chi connectivity index (χ1v) is 10.0. The van der Waals surface area contributed by atoms with E-state index in [2.05, 4.69) is 10.3 Å². The number of rotatable bonds is 4. The van der Waals surface area contributed by atoms with E-state index in [0.29, 0.717) is 10.3 Å². The molecule has 0 bridgehead atoms. The van der Waals surface area contributed by atoms with E-state index < -0.39 is 36.5 Å². The van der Waals surface area contributed by atoms with E-state index in [1.807, 2.05) is 0 Å². The molecule has 10 heteroatoms. The highest BCUT2D eigenvalue weighted by Gasteiger charge is 2.44. The van der Waals surface area contributed by atoms with E-state index in [0.717, 1.165) is 12.4 Å². The number of anilines is 1. The van der Waals surface area contributed by atoms with Gasteiger partial charge in [-0.3, -0.25) is 9.59 Å². The van der Waals surface area contributed by atoms with Crippen LogP contribution in [-0.2, 0) is 17.3 Å². The van der Waals surface area contributed by atoms with Crippen LogP contribution in [0, 0.1) is 5.82 Å². The summed E-state index contributed by atoms with van der Waals surface area (Å²) in [5.41, 5.74) is -1.50. The Bertz CT molecular complexity index is 1350. The van der Waals surface area contributed by atoms with Crippen LogP contribution in [0.25, 0.3) is 10.9 Å². The van der Waals surface area contributed by atoms with Gasteiger partial charge in [-0.2, -0.15) is 0 Å². The van der Waals surface area contributed by atoms with E-state index in [4.69, 9.17) is 27.3 Å². The number of hydrogen-bond donors (Lipinski definition) is 1. The second kappa shape index (κ2) is 8.09. The minimum Gasteiger partial charge on any atom is -0.374 e. The van der Waals surface area contributed by atoms with Crippen molar-refractivity contribution in [2.75, 3.05) is 25.1 Å². The Morgan fingerprint density at radius 3 is 2.90 bits per heavy atom. The lowest BCUT2D eigenvalue weighted by molar-refractivity contribution is -0.131. The van der Waals surface area contributed by atoms with Gasteiger partial charge < -0.3 is 14.8 Å². The number of carbonyl (C=O) groups excluding carboxylic acids is 1. The Morgan fingerprint density at radius 1 is 1.35 bits per heavy atom. The smallest absolute Gasteiger partial charge is 0.260 e. The maximum atomic E-state index is 15.1. The largest absolute Gasteiger partial charge is 0.374 e. The molecular weight excluding hydrogens is 449 g/mol. The molecule has 2 aromatic carbocycles. The van der Waals surface area contributed by atoms with Gasteiger partial charge in [-0.15, -0.1) is 0 Å². The molecule has 6 nitrogen and oxygen atoms in total. The van der Waals surface area contributed by atoms with Crippen LogP contribution in [0.5, 0.6) is 0 Å². The summed E-state index contributed by atoms with van der Waals surface area (Å²) in [4.78, 5) is 30.1. The standard InChI is InChI=1S/C21H18Cl2F2N4O2/c1-28-11-26-16-5-2-12(8-13(16)20(28)31)27-21(6-7-29(10-21)17(30)9-24)18-15(25)4-3-14(22)19(18)23/h2-5,8,11,27H,6-7,9-10H2,1H3/t21-/m1/s1/i1D3. The topological polar surface area (TPSA) is 67.2 Å². The summed E-state index contributed by atoms with van der Waals surface area (Å²) in [5.74, 6) is -1.44. The lowest BCUT2D eigenvalue weighted by atomic mass is 9.87. The Balaban J connectivity index is 1.85. The van der Waals surface area contributed by atoms with Crippen molar-refractivity contribution in [3.05, 3.63) is 68.4 Å². The molecule has 1 saturated heterocycles. The third-order valence-electron chi connectivity index (χ3n) is 5.40. The Morgan fingerprint density at radius 2 is 2.16 bits per heavy atom. The molecule has 0 aliphatic carbocycles. The van der Waals surface area contributed by atoms with Crippen LogP contribution in [0.15, 0.2) is 41.5 Å². The normalized spacial score (nSPS) is 20.4. The molecule has 1 amide bonds. The number of hydrogen-bond acceptors (Lipinski definition) is 4. The van der Waals surface area contributed by atoms with Crippen LogP contribution in [-0.4, -0.2) is 40.1 Å². The van der Waals surface area contributed by atoms with Crippen LogP contribution in [0.2, 0.25) is 10.0 Å².